The number of benzene rings is 3. The first kappa shape index (κ1) is 27.7. The Balaban J connectivity index is 1.23. The van der Waals surface area contributed by atoms with Crippen molar-refractivity contribution in [1.29, 1.82) is 0 Å². The van der Waals surface area contributed by atoms with Crippen LogP contribution in [-0.2, 0) is 13.0 Å². The highest BCUT2D eigenvalue weighted by Gasteiger charge is 2.11. The van der Waals surface area contributed by atoms with E-state index in [9.17, 15) is 4.79 Å². The molecule has 0 atom stereocenters. The lowest BCUT2D eigenvalue weighted by molar-refractivity contribution is 0.0953. The third kappa shape index (κ3) is 7.38. The largest absolute Gasteiger partial charge is 0.494 e. The minimum absolute atomic E-state index is 0.000744. The van der Waals surface area contributed by atoms with Crippen LogP contribution < -0.4 is 10.1 Å². The molecule has 200 valence electrons. The number of aromatic nitrogens is 2. The number of nitrogens with zero attached hydrogens (tertiary/aromatic N) is 2. The number of nitrogens with one attached hydrogen (secondary N) is 1. The second-order valence-corrected chi connectivity index (χ2v) is 10.4. The lowest BCUT2D eigenvalue weighted by Gasteiger charge is -2.12. The van der Waals surface area contributed by atoms with E-state index in [4.69, 9.17) is 21.3 Å². The van der Waals surface area contributed by atoms with Gasteiger partial charge in [-0.2, -0.15) is 0 Å². The Morgan fingerprint density at radius 1 is 0.921 bits per heavy atom. The maximum Gasteiger partial charge on any atom is 0.251 e. The van der Waals surface area contributed by atoms with E-state index in [0.717, 1.165) is 89.4 Å². The number of hydrogen-bond acceptors (Lipinski definition) is 3. The normalized spacial score (nSPS) is 11.2. The van der Waals surface area contributed by atoms with Gasteiger partial charge >= 0.3 is 0 Å². The number of hydrogen-bond donors (Lipinski definition) is 1. The van der Waals surface area contributed by atoms with Gasteiger partial charge in [0.05, 0.1) is 17.6 Å². The zero-order chi connectivity index (χ0) is 26.9. The van der Waals surface area contributed by atoms with Crippen LogP contribution in [0.15, 0.2) is 60.7 Å². The van der Waals surface area contributed by atoms with Crippen LogP contribution in [0.5, 0.6) is 5.75 Å². The molecular formula is C32H38ClN3O2. The molecule has 4 rings (SSSR count). The van der Waals surface area contributed by atoms with Crippen molar-refractivity contribution in [1.82, 2.24) is 14.9 Å². The van der Waals surface area contributed by atoms with Crippen molar-refractivity contribution < 1.29 is 9.53 Å². The fraction of sp³-hybridized carbons (Fsp3) is 0.375. The minimum Gasteiger partial charge on any atom is -0.494 e. The quantitative estimate of drug-likeness (QED) is 0.180. The van der Waals surface area contributed by atoms with Crippen molar-refractivity contribution in [2.45, 2.75) is 65.8 Å². The number of rotatable bonds is 13. The smallest absolute Gasteiger partial charge is 0.251 e. The average molecular weight is 532 g/mol. The lowest BCUT2D eigenvalue weighted by atomic mass is 10.1. The number of carbonyl (C=O) groups is 1. The first-order chi connectivity index (χ1) is 18.4. The molecule has 1 heterocycles. The van der Waals surface area contributed by atoms with Crippen LogP contribution >= 0.6 is 11.6 Å². The van der Waals surface area contributed by atoms with E-state index >= 15 is 0 Å². The highest BCUT2D eigenvalue weighted by Crippen LogP contribution is 2.26. The summed E-state index contributed by atoms with van der Waals surface area (Å²) in [6, 6.07) is 20.1. The van der Waals surface area contributed by atoms with Crippen LogP contribution in [0.25, 0.3) is 11.0 Å². The van der Waals surface area contributed by atoms with Gasteiger partial charge in [0.1, 0.15) is 11.6 Å². The van der Waals surface area contributed by atoms with Gasteiger partial charge in [-0.1, -0.05) is 47.9 Å². The summed E-state index contributed by atoms with van der Waals surface area (Å²) in [6.07, 6.45) is 5.96. The Labute approximate surface area is 231 Å². The lowest BCUT2D eigenvalue weighted by Crippen LogP contribution is -2.24. The summed E-state index contributed by atoms with van der Waals surface area (Å²) in [5.41, 5.74) is 6.16. The van der Waals surface area contributed by atoms with Crippen molar-refractivity contribution in [3.8, 4) is 5.75 Å². The molecule has 1 aromatic heterocycles. The summed E-state index contributed by atoms with van der Waals surface area (Å²) in [5, 5.41) is 3.85. The SMILES string of the molecule is Cc1cccc(C(=O)NCCCCCc2nc3ccccc3n2CCCCOc2cc(C)c(Cl)c(C)c2)c1. The van der Waals surface area contributed by atoms with E-state index in [2.05, 4.69) is 28.1 Å². The Morgan fingerprint density at radius 3 is 2.50 bits per heavy atom. The first-order valence-electron chi connectivity index (χ1n) is 13.6. The van der Waals surface area contributed by atoms with E-state index in [0.29, 0.717) is 13.2 Å². The minimum atomic E-state index is 0.000744. The number of aryl methyl sites for hydroxylation is 5. The van der Waals surface area contributed by atoms with Gasteiger partial charge in [0.2, 0.25) is 0 Å². The topological polar surface area (TPSA) is 56.2 Å². The van der Waals surface area contributed by atoms with E-state index in [-0.39, 0.29) is 5.91 Å². The van der Waals surface area contributed by atoms with Crippen LogP contribution in [-0.4, -0.2) is 28.6 Å². The van der Waals surface area contributed by atoms with Crippen LogP contribution in [0.3, 0.4) is 0 Å². The van der Waals surface area contributed by atoms with Gasteiger partial charge in [-0.05, 0) is 94.0 Å². The highest BCUT2D eigenvalue weighted by atomic mass is 35.5. The molecule has 0 aliphatic rings. The fourth-order valence-electron chi connectivity index (χ4n) is 4.79. The second-order valence-electron chi connectivity index (χ2n) is 10.0. The van der Waals surface area contributed by atoms with E-state index in [1.165, 1.54) is 5.52 Å². The predicted molar refractivity (Wildman–Crippen MR) is 156 cm³/mol. The van der Waals surface area contributed by atoms with Crippen molar-refractivity contribution in [2.75, 3.05) is 13.2 Å². The van der Waals surface area contributed by atoms with Gasteiger partial charge in [-0.3, -0.25) is 4.79 Å². The Bertz CT molecular complexity index is 1360. The molecule has 0 radical (unpaired) electrons. The number of amides is 1. The Hall–Kier alpha value is -3.31. The number of fused-ring (bicyclic) bond motifs is 1. The van der Waals surface area contributed by atoms with E-state index in [1.807, 2.05) is 63.2 Å². The molecule has 1 amide bonds. The van der Waals surface area contributed by atoms with Crippen LogP contribution in [0.1, 0.15) is 65.0 Å². The predicted octanol–water partition coefficient (Wildman–Crippen LogP) is 7.62. The summed E-state index contributed by atoms with van der Waals surface area (Å²) >= 11 is 6.27. The molecule has 0 aliphatic heterocycles. The summed E-state index contributed by atoms with van der Waals surface area (Å²) in [6.45, 7) is 8.31. The Morgan fingerprint density at radius 2 is 1.71 bits per heavy atom. The molecule has 4 aromatic rings. The molecule has 0 saturated carbocycles. The molecule has 38 heavy (non-hydrogen) atoms. The molecule has 0 bridgehead atoms. The molecule has 3 aromatic carbocycles. The number of carbonyl (C=O) groups excluding carboxylic acids is 1. The molecule has 1 N–H and O–H groups in total. The first-order valence-corrected chi connectivity index (χ1v) is 14.0. The van der Waals surface area contributed by atoms with Gasteiger partial charge in [-0.15, -0.1) is 0 Å². The van der Waals surface area contributed by atoms with E-state index in [1.54, 1.807) is 0 Å². The van der Waals surface area contributed by atoms with Gasteiger partial charge in [0, 0.05) is 30.1 Å². The molecule has 0 saturated heterocycles. The van der Waals surface area contributed by atoms with Crippen molar-refractivity contribution in [2.24, 2.45) is 0 Å². The standard InChI is InChI=1S/C32H38ClN3O2/c1-23-12-11-13-26(20-23)32(37)34-17-8-4-5-16-30-35-28-14-6-7-15-29(28)36(30)18-9-10-19-38-27-21-24(2)31(33)25(3)22-27/h6-7,11-15,20-22H,4-5,8-10,16-19H2,1-3H3,(H,34,37). The number of imidazole rings is 1. The molecule has 0 unspecified atom stereocenters. The number of para-hydroxylation sites is 2. The Kier molecular flexibility index (Phi) is 9.83. The van der Waals surface area contributed by atoms with Gasteiger partial charge in [0.15, 0.2) is 0 Å². The summed E-state index contributed by atoms with van der Waals surface area (Å²) in [5.74, 6) is 2.02. The zero-order valence-corrected chi connectivity index (χ0v) is 23.5. The van der Waals surface area contributed by atoms with Gasteiger partial charge in [0.25, 0.3) is 5.91 Å². The maximum atomic E-state index is 12.3. The van der Waals surface area contributed by atoms with Crippen LogP contribution in [0.2, 0.25) is 5.02 Å². The third-order valence-corrected chi connectivity index (χ3v) is 7.43. The number of unbranched alkanes of at least 4 members (excludes halogenated alkanes) is 3. The summed E-state index contributed by atoms with van der Waals surface area (Å²) in [7, 11) is 0. The average Bonchev–Trinajstić information content (AvgIpc) is 3.26. The highest BCUT2D eigenvalue weighted by molar-refractivity contribution is 6.32. The fourth-order valence-corrected chi connectivity index (χ4v) is 4.90. The molecule has 0 fully saturated rings. The molecule has 0 aliphatic carbocycles. The summed E-state index contributed by atoms with van der Waals surface area (Å²) in [4.78, 5) is 17.3. The number of halogens is 1. The van der Waals surface area contributed by atoms with Crippen molar-refractivity contribution in [3.05, 3.63) is 93.8 Å². The monoisotopic (exact) mass is 531 g/mol. The molecule has 0 spiro atoms. The molecule has 6 heteroatoms. The van der Waals surface area contributed by atoms with Gasteiger partial charge in [-0.25, -0.2) is 4.98 Å². The second kappa shape index (κ2) is 13.5. The van der Waals surface area contributed by atoms with E-state index < -0.39 is 0 Å². The molecule has 5 nitrogen and oxygen atoms in total. The number of ether oxygens (including phenoxy) is 1. The zero-order valence-electron chi connectivity index (χ0n) is 22.7. The summed E-state index contributed by atoms with van der Waals surface area (Å²) < 4.78 is 8.37. The van der Waals surface area contributed by atoms with Crippen molar-refractivity contribution >= 4 is 28.5 Å². The van der Waals surface area contributed by atoms with Crippen LogP contribution in [0, 0.1) is 20.8 Å². The third-order valence-electron chi connectivity index (χ3n) is 6.83. The maximum absolute atomic E-state index is 12.3. The van der Waals surface area contributed by atoms with Crippen molar-refractivity contribution in [3.63, 3.8) is 0 Å². The molecular weight excluding hydrogens is 494 g/mol. The van der Waals surface area contributed by atoms with Crippen LogP contribution in [0.4, 0.5) is 0 Å². The van der Waals surface area contributed by atoms with Gasteiger partial charge < -0.3 is 14.6 Å².